The van der Waals surface area contributed by atoms with E-state index in [4.69, 9.17) is 0 Å². The Kier molecular flexibility index (Phi) is 6.44. The first-order valence-electron chi connectivity index (χ1n) is 10.3. The van der Waals surface area contributed by atoms with Crippen molar-refractivity contribution >= 4 is 23.4 Å². The highest BCUT2D eigenvalue weighted by molar-refractivity contribution is 7.99. The van der Waals surface area contributed by atoms with E-state index in [1.807, 2.05) is 38.1 Å². The predicted molar refractivity (Wildman–Crippen MR) is 118 cm³/mol. The third-order valence-electron chi connectivity index (χ3n) is 5.23. The van der Waals surface area contributed by atoms with Gasteiger partial charge in [-0.3, -0.25) is 4.79 Å². The molecule has 30 heavy (non-hydrogen) atoms. The number of hydrogen-bond acceptors (Lipinski definition) is 5. The van der Waals surface area contributed by atoms with Gasteiger partial charge in [0.05, 0.1) is 24.5 Å². The van der Waals surface area contributed by atoms with Crippen molar-refractivity contribution in [1.82, 2.24) is 20.2 Å². The molecule has 8 heteroatoms. The molecule has 1 aliphatic heterocycles. The SMILES string of the molecule is Cc1cc(C)cc(-n2nnnc2SCC(=O)Nc2ccc(C[NH+]3CCCC3)cc2)c1. The van der Waals surface area contributed by atoms with Crippen LogP contribution < -0.4 is 10.2 Å². The zero-order valence-electron chi connectivity index (χ0n) is 17.4. The zero-order chi connectivity index (χ0) is 20.9. The second-order valence-corrected chi connectivity index (χ2v) is 8.83. The number of thioether (sulfide) groups is 1. The lowest BCUT2D eigenvalue weighted by Gasteiger charge is -2.12. The van der Waals surface area contributed by atoms with E-state index in [1.54, 1.807) is 9.58 Å². The fraction of sp³-hybridized carbons (Fsp3) is 0.364. The Morgan fingerprint density at radius 3 is 2.50 bits per heavy atom. The largest absolute Gasteiger partial charge is 0.331 e. The lowest BCUT2D eigenvalue weighted by atomic mass is 10.1. The summed E-state index contributed by atoms with van der Waals surface area (Å²) in [7, 11) is 0. The average Bonchev–Trinajstić information content (AvgIpc) is 3.39. The lowest BCUT2D eigenvalue weighted by molar-refractivity contribution is -0.901. The monoisotopic (exact) mass is 423 g/mol. The Morgan fingerprint density at radius 1 is 1.10 bits per heavy atom. The third-order valence-corrected chi connectivity index (χ3v) is 6.15. The maximum atomic E-state index is 12.4. The second kappa shape index (κ2) is 9.40. The number of tetrazole rings is 1. The van der Waals surface area contributed by atoms with Crippen LogP contribution >= 0.6 is 11.8 Å². The third kappa shape index (κ3) is 5.25. The minimum Gasteiger partial charge on any atom is -0.331 e. The summed E-state index contributed by atoms with van der Waals surface area (Å²) in [5.74, 6) is 0.165. The van der Waals surface area contributed by atoms with Crippen molar-refractivity contribution < 1.29 is 9.69 Å². The smallest absolute Gasteiger partial charge is 0.234 e. The fourth-order valence-electron chi connectivity index (χ4n) is 3.88. The first kappa shape index (κ1) is 20.6. The molecule has 0 unspecified atom stereocenters. The van der Waals surface area contributed by atoms with Crippen LogP contribution in [-0.4, -0.2) is 45.0 Å². The van der Waals surface area contributed by atoms with Crippen LogP contribution in [0.3, 0.4) is 0 Å². The molecule has 2 heterocycles. The van der Waals surface area contributed by atoms with Gasteiger partial charge in [-0.25, -0.2) is 0 Å². The van der Waals surface area contributed by atoms with E-state index in [0.717, 1.165) is 29.0 Å². The van der Waals surface area contributed by atoms with Crippen molar-refractivity contribution in [1.29, 1.82) is 0 Å². The Balaban J connectivity index is 1.32. The molecule has 2 aromatic carbocycles. The number of likely N-dealkylation sites (tertiary alicyclic amines) is 1. The molecule has 0 saturated carbocycles. The van der Waals surface area contributed by atoms with Crippen molar-refractivity contribution in [3.63, 3.8) is 0 Å². The molecule has 0 spiro atoms. The van der Waals surface area contributed by atoms with Gasteiger partial charge in [0, 0.05) is 24.1 Å². The number of quaternary nitrogens is 1. The summed E-state index contributed by atoms with van der Waals surface area (Å²) < 4.78 is 1.67. The second-order valence-electron chi connectivity index (χ2n) is 7.89. The number of amides is 1. The van der Waals surface area contributed by atoms with Gasteiger partial charge in [0.15, 0.2) is 0 Å². The summed E-state index contributed by atoms with van der Waals surface area (Å²) in [4.78, 5) is 14.1. The molecule has 1 amide bonds. The number of rotatable bonds is 7. The molecule has 0 bridgehead atoms. The van der Waals surface area contributed by atoms with E-state index < -0.39 is 0 Å². The van der Waals surface area contributed by atoms with E-state index in [9.17, 15) is 4.79 Å². The number of aromatic nitrogens is 4. The lowest BCUT2D eigenvalue weighted by Crippen LogP contribution is -3.08. The molecule has 0 radical (unpaired) electrons. The summed E-state index contributed by atoms with van der Waals surface area (Å²) in [6.07, 6.45) is 2.65. The van der Waals surface area contributed by atoms with E-state index >= 15 is 0 Å². The van der Waals surface area contributed by atoms with Gasteiger partial charge in [0.2, 0.25) is 11.1 Å². The predicted octanol–water partition coefficient (Wildman–Crippen LogP) is 2.19. The summed E-state index contributed by atoms with van der Waals surface area (Å²) in [5.41, 5.74) is 5.31. The van der Waals surface area contributed by atoms with Crippen LogP contribution in [-0.2, 0) is 11.3 Å². The van der Waals surface area contributed by atoms with E-state index in [-0.39, 0.29) is 11.7 Å². The first-order valence-corrected chi connectivity index (χ1v) is 11.3. The van der Waals surface area contributed by atoms with Crippen LogP contribution in [0, 0.1) is 13.8 Å². The molecule has 1 aromatic heterocycles. The van der Waals surface area contributed by atoms with E-state index in [1.165, 1.54) is 43.3 Å². The first-order chi connectivity index (χ1) is 14.6. The van der Waals surface area contributed by atoms with E-state index in [2.05, 4.69) is 39.0 Å². The summed E-state index contributed by atoms with van der Waals surface area (Å²) >= 11 is 1.32. The topological polar surface area (TPSA) is 77.1 Å². The summed E-state index contributed by atoms with van der Waals surface area (Å²) in [6, 6.07) is 14.3. The Hall–Kier alpha value is -2.71. The van der Waals surface area contributed by atoms with Gasteiger partial charge in [-0.2, -0.15) is 4.68 Å². The van der Waals surface area contributed by atoms with Crippen molar-refractivity contribution in [3.05, 3.63) is 59.2 Å². The van der Waals surface area contributed by atoms with Crippen LogP contribution in [0.5, 0.6) is 0 Å². The van der Waals surface area contributed by atoms with Crippen LogP contribution in [0.4, 0.5) is 5.69 Å². The fourth-order valence-corrected chi connectivity index (χ4v) is 4.57. The number of nitrogens with zero attached hydrogens (tertiary/aromatic N) is 4. The quantitative estimate of drug-likeness (QED) is 0.570. The number of anilines is 1. The van der Waals surface area contributed by atoms with Crippen LogP contribution in [0.25, 0.3) is 5.69 Å². The van der Waals surface area contributed by atoms with Gasteiger partial charge in [0.1, 0.15) is 6.54 Å². The van der Waals surface area contributed by atoms with Gasteiger partial charge in [-0.05, 0) is 59.7 Å². The Labute approximate surface area is 180 Å². The van der Waals surface area contributed by atoms with Crippen molar-refractivity contribution in [2.45, 2.75) is 38.4 Å². The Morgan fingerprint density at radius 2 is 1.80 bits per heavy atom. The molecule has 3 aromatic rings. The number of benzene rings is 2. The molecule has 0 aliphatic carbocycles. The number of carbonyl (C=O) groups is 1. The average molecular weight is 424 g/mol. The number of carbonyl (C=O) groups excluding carboxylic acids is 1. The highest BCUT2D eigenvalue weighted by Gasteiger charge is 2.16. The molecule has 0 atom stereocenters. The molecule has 7 nitrogen and oxygen atoms in total. The number of nitrogens with one attached hydrogen (secondary N) is 2. The van der Waals surface area contributed by atoms with Gasteiger partial charge >= 0.3 is 0 Å². The summed E-state index contributed by atoms with van der Waals surface area (Å²) in [6.45, 7) is 7.66. The normalized spacial score (nSPS) is 14.2. The highest BCUT2D eigenvalue weighted by atomic mass is 32.2. The Bertz CT molecular complexity index is 990. The highest BCUT2D eigenvalue weighted by Crippen LogP contribution is 2.20. The minimum absolute atomic E-state index is 0.0760. The van der Waals surface area contributed by atoms with Crippen molar-refractivity contribution in [2.24, 2.45) is 0 Å². The van der Waals surface area contributed by atoms with Gasteiger partial charge in [-0.15, -0.1) is 5.10 Å². The standard InChI is InChI=1S/C22H26N6OS/c1-16-11-17(2)13-20(12-16)28-22(24-25-26-28)30-15-21(29)23-19-7-5-18(6-8-19)14-27-9-3-4-10-27/h5-8,11-13H,3-4,9-10,14-15H2,1-2H3,(H,23,29)/p+1. The van der Waals surface area contributed by atoms with Crippen molar-refractivity contribution in [3.8, 4) is 5.69 Å². The maximum Gasteiger partial charge on any atom is 0.234 e. The molecule has 4 rings (SSSR count). The number of aryl methyl sites for hydroxylation is 2. The minimum atomic E-state index is -0.0760. The van der Waals surface area contributed by atoms with E-state index in [0.29, 0.717) is 5.16 Å². The van der Waals surface area contributed by atoms with Crippen LogP contribution in [0.15, 0.2) is 47.6 Å². The number of hydrogen-bond donors (Lipinski definition) is 2. The maximum absolute atomic E-state index is 12.4. The molecule has 2 N–H and O–H groups in total. The van der Waals surface area contributed by atoms with Crippen LogP contribution in [0.2, 0.25) is 0 Å². The molecule has 1 saturated heterocycles. The zero-order valence-corrected chi connectivity index (χ0v) is 18.2. The van der Waals surface area contributed by atoms with Crippen LogP contribution in [0.1, 0.15) is 29.5 Å². The molecular formula is C22H27N6OS+. The van der Waals surface area contributed by atoms with Gasteiger partial charge in [-0.1, -0.05) is 30.0 Å². The molecule has 1 fully saturated rings. The van der Waals surface area contributed by atoms with Gasteiger partial charge in [0.25, 0.3) is 0 Å². The molecule has 1 aliphatic rings. The molecular weight excluding hydrogens is 396 g/mol. The van der Waals surface area contributed by atoms with Crippen molar-refractivity contribution in [2.75, 3.05) is 24.2 Å². The van der Waals surface area contributed by atoms with Gasteiger partial charge < -0.3 is 10.2 Å². The summed E-state index contributed by atoms with van der Waals surface area (Å²) in [5, 5.41) is 15.5. The molecule has 156 valence electrons.